The quantitative estimate of drug-likeness (QED) is 0.788. The summed E-state index contributed by atoms with van der Waals surface area (Å²) in [7, 11) is 3.38. The van der Waals surface area contributed by atoms with Gasteiger partial charge in [-0.3, -0.25) is 4.79 Å². The highest BCUT2D eigenvalue weighted by atomic mass is 16.6. The van der Waals surface area contributed by atoms with Crippen molar-refractivity contribution in [3.05, 3.63) is 0 Å². The van der Waals surface area contributed by atoms with Crippen LogP contribution in [0.5, 0.6) is 0 Å². The summed E-state index contributed by atoms with van der Waals surface area (Å²) >= 11 is 0. The molecule has 116 valence electrons. The smallest absolute Gasteiger partial charge is 0.410 e. The first kappa shape index (κ1) is 16.8. The van der Waals surface area contributed by atoms with Crippen molar-refractivity contribution in [2.45, 2.75) is 45.3 Å². The summed E-state index contributed by atoms with van der Waals surface area (Å²) in [4.78, 5) is 26.6. The van der Waals surface area contributed by atoms with Gasteiger partial charge in [-0.05, 0) is 34.1 Å². The monoisotopic (exact) mass is 286 g/mol. The maximum atomic E-state index is 12.0. The molecule has 0 N–H and O–H groups in total. The fourth-order valence-corrected chi connectivity index (χ4v) is 1.90. The van der Waals surface area contributed by atoms with Crippen molar-refractivity contribution >= 4 is 12.0 Å². The molecule has 1 aliphatic heterocycles. The van der Waals surface area contributed by atoms with E-state index in [1.165, 1.54) is 4.90 Å². The molecule has 0 aromatic rings. The molecule has 1 saturated heterocycles. The second-order valence-electron chi connectivity index (χ2n) is 6.68. The van der Waals surface area contributed by atoms with Gasteiger partial charge in [0.25, 0.3) is 0 Å². The molecule has 1 aliphatic rings. The van der Waals surface area contributed by atoms with Gasteiger partial charge in [-0.1, -0.05) is 0 Å². The molecule has 6 heteroatoms. The van der Waals surface area contributed by atoms with Crippen molar-refractivity contribution in [1.82, 2.24) is 9.80 Å². The number of rotatable bonds is 3. The lowest BCUT2D eigenvalue weighted by molar-refractivity contribution is -0.139. The molecule has 1 atom stereocenters. The standard InChI is InChI=1S/C14H26N2O4/c1-13(2,3)20-12(18)16-8-7-14(4,10-16)19-9-11(17)15(5)6/h7-10H2,1-6H3. The summed E-state index contributed by atoms with van der Waals surface area (Å²) < 4.78 is 11.0. The first-order chi connectivity index (χ1) is 9.02. The molecule has 0 aromatic heterocycles. The molecule has 1 heterocycles. The maximum Gasteiger partial charge on any atom is 0.410 e. The Morgan fingerprint density at radius 1 is 1.30 bits per heavy atom. The van der Waals surface area contributed by atoms with Crippen LogP contribution in [0.25, 0.3) is 0 Å². The van der Waals surface area contributed by atoms with E-state index in [-0.39, 0.29) is 18.6 Å². The number of ether oxygens (including phenoxy) is 2. The van der Waals surface area contributed by atoms with Crippen molar-refractivity contribution in [3.8, 4) is 0 Å². The molecular weight excluding hydrogens is 260 g/mol. The van der Waals surface area contributed by atoms with E-state index < -0.39 is 11.2 Å². The van der Waals surface area contributed by atoms with E-state index in [2.05, 4.69) is 0 Å². The summed E-state index contributed by atoms with van der Waals surface area (Å²) in [5, 5.41) is 0. The van der Waals surface area contributed by atoms with Crippen LogP contribution in [0.3, 0.4) is 0 Å². The van der Waals surface area contributed by atoms with Gasteiger partial charge >= 0.3 is 6.09 Å². The second kappa shape index (κ2) is 5.99. The number of likely N-dealkylation sites (tertiary alicyclic amines) is 1. The van der Waals surface area contributed by atoms with E-state index in [4.69, 9.17) is 9.47 Å². The van der Waals surface area contributed by atoms with Gasteiger partial charge in [0.1, 0.15) is 12.2 Å². The topological polar surface area (TPSA) is 59.1 Å². The summed E-state index contributed by atoms with van der Waals surface area (Å²) in [6.45, 7) is 8.50. The minimum absolute atomic E-state index is 0.0334. The Morgan fingerprint density at radius 3 is 2.40 bits per heavy atom. The normalized spacial score (nSPS) is 22.8. The third kappa shape index (κ3) is 5.00. The maximum absolute atomic E-state index is 12.0. The second-order valence-corrected chi connectivity index (χ2v) is 6.68. The fourth-order valence-electron chi connectivity index (χ4n) is 1.90. The molecule has 2 amide bonds. The van der Waals surface area contributed by atoms with Gasteiger partial charge in [0, 0.05) is 20.6 Å². The Morgan fingerprint density at radius 2 is 1.90 bits per heavy atom. The van der Waals surface area contributed by atoms with Gasteiger partial charge in [-0.15, -0.1) is 0 Å². The van der Waals surface area contributed by atoms with Crippen LogP contribution in [0.4, 0.5) is 4.79 Å². The van der Waals surface area contributed by atoms with E-state index in [0.29, 0.717) is 19.5 Å². The van der Waals surface area contributed by atoms with Gasteiger partial charge in [0.2, 0.25) is 5.91 Å². The van der Waals surface area contributed by atoms with Crippen molar-refractivity contribution in [3.63, 3.8) is 0 Å². The molecule has 1 unspecified atom stereocenters. The molecular formula is C14H26N2O4. The predicted molar refractivity (Wildman–Crippen MR) is 75.5 cm³/mol. The lowest BCUT2D eigenvalue weighted by atomic mass is 10.1. The van der Waals surface area contributed by atoms with Crippen LogP contribution in [0, 0.1) is 0 Å². The first-order valence-corrected chi connectivity index (χ1v) is 6.84. The van der Waals surface area contributed by atoms with Gasteiger partial charge in [-0.2, -0.15) is 0 Å². The minimum atomic E-state index is -0.502. The van der Waals surface area contributed by atoms with Crippen LogP contribution >= 0.6 is 0 Å². The molecule has 6 nitrogen and oxygen atoms in total. The third-order valence-electron chi connectivity index (χ3n) is 3.13. The molecule has 0 spiro atoms. The summed E-state index contributed by atoms with van der Waals surface area (Å²) in [5.41, 5.74) is -0.986. The predicted octanol–water partition coefficient (Wildman–Crippen LogP) is 1.49. The zero-order valence-electron chi connectivity index (χ0n) is 13.4. The zero-order valence-corrected chi connectivity index (χ0v) is 13.4. The molecule has 0 radical (unpaired) electrons. The number of likely N-dealkylation sites (N-methyl/N-ethyl adjacent to an activating group) is 1. The van der Waals surface area contributed by atoms with Gasteiger partial charge in [-0.25, -0.2) is 4.79 Å². The van der Waals surface area contributed by atoms with E-state index in [1.54, 1.807) is 19.0 Å². The molecule has 1 fully saturated rings. The highest BCUT2D eigenvalue weighted by Gasteiger charge is 2.39. The number of carbonyl (C=O) groups is 2. The van der Waals surface area contributed by atoms with Crippen LogP contribution in [0.15, 0.2) is 0 Å². The molecule has 0 aliphatic carbocycles. The number of nitrogens with zero attached hydrogens (tertiary/aromatic N) is 2. The third-order valence-corrected chi connectivity index (χ3v) is 3.13. The van der Waals surface area contributed by atoms with Crippen molar-refractivity contribution in [1.29, 1.82) is 0 Å². The highest BCUT2D eigenvalue weighted by molar-refractivity contribution is 5.76. The molecule has 0 aromatic carbocycles. The number of hydrogen-bond acceptors (Lipinski definition) is 4. The van der Waals surface area contributed by atoms with Crippen molar-refractivity contribution < 1.29 is 19.1 Å². The van der Waals surface area contributed by atoms with Crippen molar-refractivity contribution in [2.75, 3.05) is 33.8 Å². The summed E-state index contributed by atoms with van der Waals surface area (Å²) in [5.74, 6) is -0.0815. The Balaban J connectivity index is 2.49. The first-order valence-electron chi connectivity index (χ1n) is 6.84. The largest absolute Gasteiger partial charge is 0.444 e. The van der Waals surface area contributed by atoms with Gasteiger partial charge < -0.3 is 19.3 Å². The van der Waals surface area contributed by atoms with E-state index in [0.717, 1.165) is 0 Å². The Kier molecular flexibility index (Phi) is 5.02. The van der Waals surface area contributed by atoms with E-state index >= 15 is 0 Å². The van der Waals surface area contributed by atoms with E-state index in [9.17, 15) is 9.59 Å². The van der Waals surface area contributed by atoms with Crippen molar-refractivity contribution in [2.24, 2.45) is 0 Å². The van der Waals surface area contributed by atoms with Crippen LogP contribution in [0.2, 0.25) is 0 Å². The zero-order chi connectivity index (χ0) is 15.6. The SMILES string of the molecule is CN(C)C(=O)COC1(C)CCN(C(=O)OC(C)(C)C)C1. The Bertz CT molecular complexity index is 376. The van der Waals surface area contributed by atoms with Crippen LogP contribution < -0.4 is 0 Å². The molecule has 0 saturated carbocycles. The van der Waals surface area contributed by atoms with Gasteiger partial charge in [0.15, 0.2) is 0 Å². The lowest BCUT2D eigenvalue weighted by Crippen LogP contribution is -2.40. The average molecular weight is 286 g/mol. The minimum Gasteiger partial charge on any atom is -0.444 e. The lowest BCUT2D eigenvalue weighted by Gasteiger charge is -2.27. The van der Waals surface area contributed by atoms with Gasteiger partial charge in [0.05, 0.1) is 12.1 Å². The Labute approximate surface area is 121 Å². The number of carbonyl (C=O) groups excluding carboxylic acids is 2. The van der Waals surface area contributed by atoms with E-state index in [1.807, 2.05) is 27.7 Å². The fraction of sp³-hybridized carbons (Fsp3) is 0.857. The summed E-state index contributed by atoms with van der Waals surface area (Å²) in [6, 6.07) is 0. The summed E-state index contributed by atoms with van der Waals surface area (Å²) in [6.07, 6.45) is 0.371. The van der Waals surface area contributed by atoms with Crippen LogP contribution in [-0.4, -0.2) is 66.8 Å². The van der Waals surface area contributed by atoms with Crippen LogP contribution in [-0.2, 0) is 14.3 Å². The highest BCUT2D eigenvalue weighted by Crippen LogP contribution is 2.26. The Hall–Kier alpha value is -1.30. The number of amides is 2. The molecule has 0 bridgehead atoms. The molecule has 20 heavy (non-hydrogen) atoms. The number of hydrogen-bond donors (Lipinski definition) is 0. The average Bonchev–Trinajstić information content (AvgIpc) is 2.67. The van der Waals surface area contributed by atoms with Crippen LogP contribution in [0.1, 0.15) is 34.1 Å². The molecule has 1 rings (SSSR count).